The van der Waals surface area contributed by atoms with E-state index in [0.717, 1.165) is 36.9 Å². The van der Waals surface area contributed by atoms with Crippen LogP contribution >= 0.6 is 34.2 Å². The van der Waals surface area contributed by atoms with Gasteiger partial charge in [-0.15, -0.1) is 0 Å². The van der Waals surface area contributed by atoms with Crippen molar-refractivity contribution in [2.45, 2.75) is 13.8 Å². The van der Waals surface area contributed by atoms with E-state index in [9.17, 15) is 0 Å². The van der Waals surface area contributed by atoms with Crippen molar-refractivity contribution in [2.75, 3.05) is 31.5 Å². The van der Waals surface area contributed by atoms with Crippen molar-refractivity contribution in [3.8, 4) is 0 Å². The van der Waals surface area contributed by atoms with Gasteiger partial charge in [0.15, 0.2) is 0 Å². The van der Waals surface area contributed by atoms with Gasteiger partial charge in [0, 0.05) is 27.4 Å². The highest BCUT2D eigenvalue weighted by atomic mass is 127. The van der Waals surface area contributed by atoms with Gasteiger partial charge in [0.2, 0.25) is 0 Å². The summed E-state index contributed by atoms with van der Waals surface area (Å²) in [6.45, 7) is 8.64. The topological polar surface area (TPSA) is 15.3 Å². The Kier molecular flexibility index (Phi) is 6.46. The van der Waals surface area contributed by atoms with Gasteiger partial charge >= 0.3 is 0 Å². The molecule has 1 aromatic carbocycles. The lowest BCUT2D eigenvalue weighted by Crippen LogP contribution is -2.28. The van der Waals surface area contributed by atoms with E-state index in [4.69, 9.17) is 11.6 Å². The molecule has 0 atom stereocenters. The number of anilines is 1. The largest absolute Gasteiger partial charge is 0.383 e. The van der Waals surface area contributed by atoms with E-state index in [1.54, 1.807) is 0 Å². The number of rotatable bonds is 6. The Balaban J connectivity index is 2.42. The van der Waals surface area contributed by atoms with Crippen molar-refractivity contribution >= 4 is 39.9 Å². The zero-order chi connectivity index (χ0) is 12.0. The van der Waals surface area contributed by atoms with Gasteiger partial charge in [-0.2, -0.15) is 0 Å². The molecule has 0 spiro atoms. The van der Waals surface area contributed by atoms with Gasteiger partial charge in [0.05, 0.1) is 0 Å². The average Bonchev–Trinajstić information content (AvgIpc) is 2.27. The summed E-state index contributed by atoms with van der Waals surface area (Å²) in [4.78, 5) is 2.40. The molecule has 16 heavy (non-hydrogen) atoms. The SMILES string of the molecule is CCN(CC)CCNc1ccc(Cl)cc1I. The summed E-state index contributed by atoms with van der Waals surface area (Å²) in [6.07, 6.45) is 0. The summed E-state index contributed by atoms with van der Waals surface area (Å²) >= 11 is 8.21. The first-order chi connectivity index (χ1) is 7.67. The predicted molar refractivity (Wildman–Crippen MR) is 80.4 cm³/mol. The van der Waals surface area contributed by atoms with E-state index in [1.165, 1.54) is 3.57 Å². The molecule has 0 fully saturated rings. The van der Waals surface area contributed by atoms with Crippen LogP contribution in [-0.2, 0) is 0 Å². The molecule has 1 N–H and O–H groups in total. The van der Waals surface area contributed by atoms with Crippen LogP contribution in [0, 0.1) is 3.57 Å². The van der Waals surface area contributed by atoms with Crippen LogP contribution < -0.4 is 5.32 Å². The minimum Gasteiger partial charge on any atom is -0.383 e. The van der Waals surface area contributed by atoms with Crippen LogP contribution in [0.2, 0.25) is 5.02 Å². The quantitative estimate of drug-likeness (QED) is 0.785. The first-order valence-electron chi connectivity index (χ1n) is 5.58. The van der Waals surface area contributed by atoms with Crippen molar-refractivity contribution in [1.82, 2.24) is 4.90 Å². The van der Waals surface area contributed by atoms with E-state index < -0.39 is 0 Å². The molecular formula is C12H18ClIN2. The third kappa shape index (κ3) is 4.47. The molecule has 0 amide bonds. The van der Waals surface area contributed by atoms with Gasteiger partial charge in [0.1, 0.15) is 0 Å². The molecule has 0 heterocycles. The number of hydrogen-bond donors (Lipinski definition) is 1. The Morgan fingerprint density at radius 1 is 1.31 bits per heavy atom. The molecule has 1 rings (SSSR count). The molecule has 0 radical (unpaired) electrons. The average molecular weight is 353 g/mol. The van der Waals surface area contributed by atoms with Crippen LogP contribution in [0.4, 0.5) is 5.69 Å². The van der Waals surface area contributed by atoms with Crippen molar-refractivity contribution < 1.29 is 0 Å². The molecule has 0 saturated heterocycles. The van der Waals surface area contributed by atoms with E-state index in [0.29, 0.717) is 0 Å². The monoisotopic (exact) mass is 352 g/mol. The Hall–Kier alpha value is -0.000000000000000111. The Bertz CT molecular complexity index is 327. The Morgan fingerprint density at radius 2 is 2.00 bits per heavy atom. The van der Waals surface area contributed by atoms with E-state index in [1.807, 2.05) is 18.2 Å². The Labute approximate surface area is 116 Å². The summed E-state index contributed by atoms with van der Waals surface area (Å²) in [5, 5.41) is 4.22. The van der Waals surface area contributed by atoms with Gasteiger partial charge in [-0.1, -0.05) is 25.4 Å². The maximum absolute atomic E-state index is 5.91. The maximum Gasteiger partial charge on any atom is 0.0477 e. The van der Waals surface area contributed by atoms with Gasteiger partial charge in [-0.3, -0.25) is 0 Å². The fraction of sp³-hybridized carbons (Fsp3) is 0.500. The Morgan fingerprint density at radius 3 is 2.56 bits per heavy atom. The number of halogens is 2. The van der Waals surface area contributed by atoms with Gasteiger partial charge < -0.3 is 10.2 Å². The molecule has 0 aromatic heterocycles. The first kappa shape index (κ1) is 14.1. The van der Waals surface area contributed by atoms with Crippen molar-refractivity contribution in [2.24, 2.45) is 0 Å². The van der Waals surface area contributed by atoms with Gasteiger partial charge in [-0.05, 0) is 53.9 Å². The molecule has 0 bridgehead atoms. The van der Waals surface area contributed by atoms with E-state index in [2.05, 4.69) is 46.7 Å². The molecule has 0 unspecified atom stereocenters. The molecule has 0 aliphatic carbocycles. The number of benzene rings is 1. The number of likely N-dealkylation sites (N-methyl/N-ethyl adjacent to an activating group) is 1. The third-order valence-corrected chi connectivity index (χ3v) is 3.70. The summed E-state index contributed by atoms with van der Waals surface area (Å²) in [7, 11) is 0. The second-order valence-electron chi connectivity index (χ2n) is 3.58. The summed E-state index contributed by atoms with van der Waals surface area (Å²) in [6, 6.07) is 5.93. The van der Waals surface area contributed by atoms with E-state index >= 15 is 0 Å². The molecule has 4 heteroatoms. The highest BCUT2D eigenvalue weighted by Gasteiger charge is 2.01. The smallest absolute Gasteiger partial charge is 0.0477 e. The standard InChI is InChI=1S/C12H18ClIN2/c1-3-16(4-2)8-7-15-12-6-5-10(13)9-11(12)14/h5-6,9,15H,3-4,7-8H2,1-2H3. The lowest BCUT2D eigenvalue weighted by Gasteiger charge is -2.18. The van der Waals surface area contributed by atoms with Crippen LogP contribution in [-0.4, -0.2) is 31.1 Å². The highest BCUT2D eigenvalue weighted by molar-refractivity contribution is 14.1. The molecular weight excluding hydrogens is 335 g/mol. The molecule has 0 saturated carbocycles. The fourth-order valence-electron chi connectivity index (χ4n) is 1.52. The molecule has 90 valence electrons. The highest BCUT2D eigenvalue weighted by Crippen LogP contribution is 2.21. The van der Waals surface area contributed by atoms with Crippen LogP contribution in [0.25, 0.3) is 0 Å². The van der Waals surface area contributed by atoms with Crippen LogP contribution in [0.5, 0.6) is 0 Å². The molecule has 0 aliphatic rings. The van der Waals surface area contributed by atoms with Crippen molar-refractivity contribution in [3.63, 3.8) is 0 Å². The van der Waals surface area contributed by atoms with E-state index in [-0.39, 0.29) is 0 Å². The van der Waals surface area contributed by atoms with Crippen LogP contribution in [0.15, 0.2) is 18.2 Å². The van der Waals surface area contributed by atoms with Crippen molar-refractivity contribution in [1.29, 1.82) is 0 Å². The predicted octanol–water partition coefficient (Wildman–Crippen LogP) is 3.70. The zero-order valence-electron chi connectivity index (χ0n) is 9.76. The minimum atomic E-state index is 0.790. The summed E-state index contributed by atoms with van der Waals surface area (Å²) in [5.41, 5.74) is 1.16. The first-order valence-corrected chi connectivity index (χ1v) is 7.04. The number of nitrogens with one attached hydrogen (secondary N) is 1. The molecule has 0 aliphatic heterocycles. The van der Waals surface area contributed by atoms with Crippen LogP contribution in [0.1, 0.15) is 13.8 Å². The summed E-state index contributed by atoms with van der Waals surface area (Å²) in [5.74, 6) is 0. The molecule has 2 nitrogen and oxygen atoms in total. The van der Waals surface area contributed by atoms with Gasteiger partial charge in [-0.25, -0.2) is 0 Å². The summed E-state index contributed by atoms with van der Waals surface area (Å²) < 4.78 is 1.17. The lowest BCUT2D eigenvalue weighted by atomic mass is 10.3. The van der Waals surface area contributed by atoms with Crippen molar-refractivity contribution in [3.05, 3.63) is 26.8 Å². The fourth-order valence-corrected chi connectivity index (χ4v) is 2.58. The minimum absolute atomic E-state index is 0.790. The third-order valence-electron chi connectivity index (χ3n) is 2.57. The zero-order valence-corrected chi connectivity index (χ0v) is 12.7. The maximum atomic E-state index is 5.91. The molecule has 1 aromatic rings. The van der Waals surface area contributed by atoms with Gasteiger partial charge in [0.25, 0.3) is 0 Å². The lowest BCUT2D eigenvalue weighted by molar-refractivity contribution is 0.316. The normalized spacial score (nSPS) is 10.8. The van der Waals surface area contributed by atoms with Crippen LogP contribution in [0.3, 0.4) is 0 Å². The number of nitrogens with zero attached hydrogens (tertiary/aromatic N) is 1. The second-order valence-corrected chi connectivity index (χ2v) is 5.18. The number of hydrogen-bond acceptors (Lipinski definition) is 2. The second kappa shape index (κ2) is 7.35.